The molecule has 2 atom stereocenters. The highest BCUT2D eigenvalue weighted by Gasteiger charge is 2.37. The van der Waals surface area contributed by atoms with Crippen LogP contribution in [0.5, 0.6) is 0 Å². The second kappa shape index (κ2) is 6.16. The lowest BCUT2D eigenvalue weighted by Gasteiger charge is -2.32. The quantitative estimate of drug-likeness (QED) is 0.830. The smallest absolute Gasteiger partial charge is 0.248 e. The maximum absolute atomic E-state index is 13.1. The third-order valence-corrected chi connectivity index (χ3v) is 4.41. The predicted molar refractivity (Wildman–Crippen MR) is 70.2 cm³/mol. The molecule has 2 fully saturated rings. The first-order valence-electron chi connectivity index (χ1n) is 7.39. The number of amides is 1. The molecule has 5 heteroatoms. The van der Waals surface area contributed by atoms with Crippen LogP contribution in [0.3, 0.4) is 0 Å². The SMILES string of the molecule is CC(NC(=O)C1CCC(F)(F)CC1)C1CCCCN1. The molecule has 3 nitrogen and oxygen atoms in total. The lowest BCUT2D eigenvalue weighted by atomic mass is 9.86. The molecule has 1 heterocycles. The van der Waals surface area contributed by atoms with E-state index in [0.29, 0.717) is 18.9 Å². The Bertz CT molecular complexity index is 307. The molecule has 1 amide bonds. The Morgan fingerprint density at radius 1 is 1.26 bits per heavy atom. The van der Waals surface area contributed by atoms with Gasteiger partial charge in [0, 0.05) is 30.8 Å². The number of alkyl halides is 2. The summed E-state index contributed by atoms with van der Waals surface area (Å²) in [6, 6.07) is 0.401. The number of hydrogen-bond acceptors (Lipinski definition) is 2. The van der Waals surface area contributed by atoms with Crippen molar-refractivity contribution in [1.29, 1.82) is 0 Å². The normalized spacial score (nSPS) is 29.7. The van der Waals surface area contributed by atoms with Crippen LogP contribution in [0.15, 0.2) is 0 Å². The second-order valence-corrected chi connectivity index (χ2v) is 5.98. The van der Waals surface area contributed by atoms with Crippen molar-refractivity contribution in [3.05, 3.63) is 0 Å². The molecule has 0 aromatic rings. The van der Waals surface area contributed by atoms with E-state index < -0.39 is 5.92 Å². The predicted octanol–water partition coefficient (Wildman–Crippen LogP) is 2.46. The first-order valence-corrected chi connectivity index (χ1v) is 7.39. The van der Waals surface area contributed by atoms with Gasteiger partial charge in [0.1, 0.15) is 0 Å². The highest BCUT2D eigenvalue weighted by molar-refractivity contribution is 5.79. The van der Waals surface area contributed by atoms with Gasteiger partial charge in [0.25, 0.3) is 0 Å². The van der Waals surface area contributed by atoms with E-state index in [-0.39, 0.29) is 30.7 Å². The van der Waals surface area contributed by atoms with Crippen molar-refractivity contribution < 1.29 is 13.6 Å². The summed E-state index contributed by atoms with van der Waals surface area (Å²) < 4.78 is 26.1. The first-order chi connectivity index (χ1) is 8.98. The van der Waals surface area contributed by atoms with Crippen LogP contribution in [-0.2, 0) is 4.79 Å². The van der Waals surface area contributed by atoms with Gasteiger partial charge in [-0.15, -0.1) is 0 Å². The molecule has 0 radical (unpaired) electrons. The van der Waals surface area contributed by atoms with Crippen molar-refractivity contribution in [3.63, 3.8) is 0 Å². The van der Waals surface area contributed by atoms with Gasteiger partial charge in [-0.3, -0.25) is 4.79 Å². The number of piperidine rings is 1. The van der Waals surface area contributed by atoms with Gasteiger partial charge in [-0.25, -0.2) is 8.78 Å². The number of carbonyl (C=O) groups excluding carboxylic acids is 1. The van der Waals surface area contributed by atoms with E-state index in [9.17, 15) is 13.6 Å². The van der Waals surface area contributed by atoms with Crippen molar-refractivity contribution >= 4 is 5.91 Å². The van der Waals surface area contributed by atoms with E-state index >= 15 is 0 Å². The van der Waals surface area contributed by atoms with E-state index in [0.717, 1.165) is 13.0 Å². The van der Waals surface area contributed by atoms with Gasteiger partial charge in [-0.1, -0.05) is 6.42 Å². The van der Waals surface area contributed by atoms with E-state index in [1.165, 1.54) is 12.8 Å². The van der Waals surface area contributed by atoms with Crippen molar-refractivity contribution in [2.45, 2.75) is 69.9 Å². The highest BCUT2D eigenvalue weighted by Crippen LogP contribution is 2.36. The molecule has 1 saturated heterocycles. The maximum Gasteiger partial charge on any atom is 0.248 e. The molecule has 2 unspecified atom stereocenters. The number of nitrogens with one attached hydrogen (secondary N) is 2. The maximum atomic E-state index is 13.1. The van der Waals surface area contributed by atoms with E-state index in [4.69, 9.17) is 0 Å². The molecule has 2 N–H and O–H groups in total. The molecule has 2 rings (SSSR count). The van der Waals surface area contributed by atoms with Crippen LogP contribution in [0.25, 0.3) is 0 Å². The highest BCUT2D eigenvalue weighted by atomic mass is 19.3. The van der Waals surface area contributed by atoms with Crippen molar-refractivity contribution in [3.8, 4) is 0 Å². The molecular weight excluding hydrogens is 250 g/mol. The number of hydrogen-bond donors (Lipinski definition) is 2. The monoisotopic (exact) mass is 274 g/mol. The standard InChI is InChI=1S/C14H24F2N2O/c1-10(12-4-2-3-9-17-12)18-13(19)11-5-7-14(15,16)8-6-11/h10-12,17H,2-9H2,1H3,(H,18,19). The molecular formula is C14H24F2N2O. The summed E-state index contributed by atoms with van der Waals surface area (Å²) in [6.45, 7) is 3.00. The topological polar surface area (TPSA) is 41.1 Å². The zero-order valence-corrected chi connectivity index (χ0v) is 11.6. The lowest BCUT2D eigenvalue weighted by molar-refractivity contribution is -0.130. The van der Waals surface area contributed by atoms with Gasteiger partial charge in [0.2, 0.25) is 11.8 Å². The van der Waals surface area contributed by atoms with Crippen LogP contribution in [0.2, 0.25) is 0 Å². The molecule has 0 spiro atoms. The minimum atomic E-state index is -2.56. The number of rotatable bonds is 3. The molecule has 1 aliphatic heterocycles. The summed E-state index contributed by atoms with van der Waals surface area (Å²) in [5, 5.41) is 6.41. The summed E-state index contributed by atoms with van der Waals surface area (Å²) in [5.74, 6) is -2.84. The zero-order valence-electron chi connectivity index (χ0n) is 11.6. The Hall–Kier alpha value is -0.710. The third-order valence-electron chi connectivity index (χ3n) is 4.41. The molecule has 0 aromatic heterocycles. The van der Waals surface area contributed by atoms with Crippen LogP contribution < -0.4 is 10.6 Å². The number of carbonyl (C=O) groups is 1. The van der Waals surface area contributed by atoms with Crippen LogP contribution in [0, 0.1) is 5.92 Å². The molecule has 2 aliphatic rings. The Morgan fingerprint density at radius 3 is 2.53 bits per heavy atom. The minimum absolute atomic E-state index is 0.0460. The van der Waals surface area contributed by atoms with Gasteiger partial charge in [0.05, 0.1) is 0 Å². The van der Waals surface area contributed by atoms with Crippen LogP contribution >= 0.6 is 0 Å². The molecule has 110 valence electrons. The summed E-state index contributed by atoms with van der Waals surface area (Å²) >= 11 is 0. The van der Waals surface area contributed by atoms with Crippen molar-refractivity contribution in [1.82, 2.24) is 10.6 Å². The zero-order chi connectivity index (χ0) is 13.9. The van der Waals surface area contributed by atoms with E-state index in [1.54, 1.807) is 0 Å². The fourth-order valence-electron chi connectivity index (χ4n) is 3.05. The Labute approximate surface area is 113 Å². The molecule has 19 heavy (non-hydrogen) atoms. The molecule has 1 saturated carbocycles. The lowest BCUT2D eigenvalue weighted by Crippen LogP contribution is -2.51. The molecule has 1 aliphatic carbocycles. The van der Waals surface area contributed by atoms with Gasteiger partial charge in [-0.2, -0.15) is 0 Å². The minimum Gasteiger partial charge on any atom is -0.352 e. The average Bonchev–Trinajstić information content (AvgIpc) is 2.39. The van der Waals surface area contributed by atoms with Gasteiger partial charge >= 0.3 is 0 Å². The Balaban J connectivity index is 1.77. The van der Waals surface area contributed by atoms with Crippen molar-refractivity contribution in [2.75, 3.05) is 6.54 Å². The van der Waals surface area contributed by atoms with Gasteiger partial charge < -0.3 is 10.6 Å². The Morgan fingerprint density at radius 2 is 1.95 bits per heavy atom. The fourth-order valence-corrected chi connectivity index (χ4v) is 3.05. The molecule has 0 aromatic carbocycles. The first kappa shape index (κ1) is 14.7. The van der Waals surface area contributed by atoms with Crippen LogP contribution in [0.4, 0.5) is 8.78 Å². The number of halogens is 2. The van der Waals surface area contributed by atoms with E-state index in [1.807, 2.05) is 6.92 Å². The average molecular weight is 274 g/mol. The van der Waals surface area contributed by atoms with E-state index in [2.05, 4.69) is 10.6 Å². The fraction of sp³-hybridized carbons (Fsp3) is 0.929. The van der Waals surface area contributed by atoms with Crippen molar-refractivity contribution in [2.24, 2.45) is 5.92 Å². The van der Waals surface area contributed by atoms with Crippen LogP contribution in [0.1, 0.15) is 51.9 Å². The van der Waals surface area contributed by atoms with Gasteiger partial charge in [0.15, 0.2) is 0 Å². The summed E-state index contributed by atoms with van der Waals surface area (Å²) in [7, 11) is 0. The Kier molecular flexibility index (Phi) is 4.76. The third kappa shape index (κ3) is 4.13. The largest absolute Gasteiger partial charge is 0.352 e. The second-order valence-electron chi connectivity index (χ2n) is 5.98. The van der Waals surface area contributed by atoms with Crippen LogP contribution in [-0.4, -0.2) is 30.5 Å². The summed E-state index contributed by atoms with van der Waals surface area (Å²) in [4.78, 5) is 12.1. The summed E-state index contributed by atoms with van der Waals surface area (Å²) in [5.41, 5.74) is 0. The summed E-state index contributed by atoms with van der Waals surface area (Å²) in [6.07, 6.45) is 3.77. The van der Waals surface area contributed by atoms with Gasteiger partial charge in [-0.05, 0) is 39.2 Å². The molecule has 0 bridgehead atoms.